The zero-order chi connectivity index (χ0) is 31.6. The van der Waals surface area contributed by atoms with Crippen LogP contribution in [0.25, 0.3) is 43.4 Å². The molecule has 10 heteroatoms. The summed E-state index contributed by atoms with van der Waals surface area (Å²) in [5, 5.41) is 1.32. The second-order valence-electron chi connectivity index (χ2n) is 11.1. The van der Waals surface area contributed by atoms with Crippen molar-refractivity contribution in [3.8, 4) is 44.7 Å². The van der Waals surface area contributed by atoms with Gasteiger partial charge in [-0.3, -0.25) is 0 Å². The molecule has 0 aliphatic heterocycles. The van der Waals surface area contributed by atoms with Crippen molar-refractivity contribution in [2.75, 3.05) is 20.8 Å². The van der Waals surface area contributed by atoms with Crippen molar-refractivity contribution in [3.63, 3.8) is 0 Å². The van der Waals surface area contributed by atoms with Crippen molar-refractivity contribution in [2.45, 2.75) is 46.3 Å². The highest BCUT2D eigenvalue weighted by atomic mass is 35.5. The van der Waals surface area contributed by atoms with E-state index in [4.69, 9.17) is 40.5 Å². The van der Waals surface area contributed by atoms with Crippen LogP contribution in [0.2, 0.25) is 5.02 Å². The number of carbonyl (C=O) groups is 1. The minimum Gasteiger partial charge on any atom is -0.493 e. The van der Waals surface area contributed by atoms with Crippen LogP contribution in [0.1, 0.15) is 44.9 Å². The number of aryl methyl sites for hydroxylation is 1. The smallest absolute Gasteiger partial charge is 0.339 e. The fourth-order valence-electron chi connectivity index (χ4n) is 4.95. The number of hydrogen-bond donors (Lipinski definition) is 0. The number of aromatic nitrogens is 3. The summed E-state index contributed by atoms with van der Waals surface area (Å²) in [7, 11) is 3.19. The molecule has 228 valence electrons. The molecule has 5 aromatic rings. The van der Waals surface area contributed by atoms with Crippen molar-refractivity contribution < 1.29 is 23.7 Å². The number of fused-ring (bicyclic) bond motifs is 1. The van der Waals surface area contributed by atoms with Crippen LogP contribution >= 0.6 is 22.9 Å². The Labute approximate surface area is 266 Å². The summed E-state index contributed by atoms with van der Waals surface area (Å²) < 4.78 is 23.6. The summed E-state index contributed by atoms with van der Waals surface area (Å²) in [4.78, 5) is 27.8. The molecular formula is C34H34ClN3O5S. The number of halogens is 1. The first kappa shape index (κ1) is 31.4. The Kier molecular flexibility index (Phi) is 9.20. The van der Waals surface area contributed by atoms with E-state index < -0.39 is 17.7 Å². The van der Waals surface area contributed by atoms with Gasteiger partial charge in [0.25, 0.3) is 0 Å². The first-order valence-corrected chi connectivity index (χ1v) is 15.3. The molecule has 44 heavy (non-hydrogen) atoms. The Balaban J connectivity index is 1.71. The SMILES string of the molecule is CCOC(=O)[C@@H](OC(C)(C)C)c1c(C)cc2nc(-c3ccnc(-c4ccc(OC)c(OC)c4)n3)sc2c1-c1ccc(Cl)cc1. The van der Waals surface area contributed by atoms with Gasteiger partial charge in [-0.05, 0) is 88.2 Å². The maximum Gasteiger partial charge on any atom is 0.339 e. The standard InChI is InChI=1S/C34H34ClN3O5S/c1-8-42-33(39)29(43-34(3,4)5)27-19(2)17-24-30(28(27)20-9-12-22(35)13-10-20)44-32(38-24)23-15-16-36-31(37-23)21-11-14-25(40-6)26(18-21)41-7/h9-18,29H,8H2,1-7H3/t29-/m0/s1. The Morgan fingerprint density at radius 3 is 2.32 bits per heavy atom. The van der Waals surface area contributed by atoms with E-state index >= 15 is 0 Å². The summed E-state index contributed by atoms with van der Waals surface area (Å²) in [5.41, 5.74) is 4.93. The van der Waals surface area contributed by atoms with Crippen LogP contribution in [-0.4, -0.2) is 47.3 Å². The molecule has 8 nitrogen and oxygen atoms in total. The number of nitrogens with zero attached hydrogens (tertiary/aromatic N) is 3. The van der Waals surface area contributed by atoms with Crippen LogP contribution in [0.4, 0.5) is 0 Å². The largest absolute Gasteiger partial charge is 0.493 e. The number of rotatable bonds is 9. The van der Waals surface area contributed by atoms with E-state index in [1.54, 1.807) is 27.3 Å². The van der Waals surface area contributed by atoms with Crippen LogP contribution < -0.4 is 9.47 Å². The minimum absolute atomic E-state index is 0.237. The second-order valence-corrected chi connectivity index (χ2v) is 12.5. The van der Waals surface area contributed by atoms with Crippen LogP contribution in [0.3, 0.4) is 0 Å². The van der Waals surface area contributed by atoms with Crippen molar-refractivity contribution >= 4 is 39.1 Å². The predicted octanol–water partition coefficient (Wildman–Crippen LogP) is 8.49. The number of ether oxygens (including phenoxy) is 4. The van der Waals surface area contributed by atoms with E-state index in [0.29, 0.717) is 33.0 Å². The van der Waals surface area contributed by atoms with Crippen molar-refractivity contribution in [3.05, 3.63) is 76.9 Å². The molecule has 5 rings (SSSR count). The van der Waals surface area contributed by atoms with Gasteiger partial charge in [0.05, 0.1) is 36.6 Å². The molecule has 0 amide bonds. The molecule has 0 aliphatic rings. The molecule has 0 spiro atoms. The molecule has 0 unspecified atom stereocenters. The number of esters is 1. The van der Waals surface area contributed by atoms with Gasteiger partial charge in [-0.2, -0.15) is 0 Å². The first-order valence-electron chi connectivity index (χ1n) is 14.1. The molecule has 0 radical (unpaired) electrons. The monoisotopic (exact) mass is 631 g/mol. The van der Waals surface area contributed by atoms with Crippen molar-refractivity contribution in [2.24, 2.45) is 0 Å². The first-order chi connectivity index (χ1) is 21.0. The lowest BCUT2D eigenvalue weighted by Gasteiger charge is -2.29. The number of thiazole rings is 1. The maximum atomic E-state index is 13.4. The van der Waals surface area contributed by atoms with Crippen molar-refractivity contribution in [1.29, 1.82) is 0 Å². The minimum atomic E-state index is -0.953. The van der Waals surface area contributed by atoms with Gasteiger partial charge in [0, 0.05) is 27.9 Å². The topological polar surface area (TPSA) is 92.7 Å². The summed E-state index contributed by atoms with van der Waals surface area (Å²) >= 11 is 7.77. The molecular weight excluding hydrogens is 598 g/mol. The molecule has 0 N–H and O–H groups in total. The Hall–Kier alpha value is -4.05. The van der Waals surface area contributed by atoms with E-state index in [9.17, 15) is 4.79 Å². The van der Waals surface area contributed by atoms with Crippen molar-refractivity contribution in [1.82, 2.24) is 15.0 Å². The number of hydrogen-bond acceptors (Lipinski definition) is 9. The van der Waals surface area contributed by atoms with E-state index in [1.165, 1.54) is 11.3 Å². The molecule has 0 fully saturated rings. The van der Waals surface area contributed by atoms with Crippen LogP contribution in [0, 0.1) is 6.92 Å². The molecule has 0 saturated heterocycles. The Morgan fingerprint density at radius 1 is 0.955 bits per heavy atom. The normalized spacial score (nSPS) is 12.3. The van der Waals surface area contributed by atoms with Crippen LogP contribution in [-0.2, 0) is 14.3 Å². The quantitative estimate of drug-likeness (QED) is 0.150. The predicted molar refractivity (Wildman–Crippen MR) is 175 cm³/mol. The van der Waals surface area contributed by atoms with Gasteiger partial charge < -0.3 is 18.9 Å². The third kappa shape index (κ3) is 6.55. The van der Waals surface area contributed by atoms with E-state index in [-0.39, 0.29) is 6.61 Å². The summed E-state index contributed by atoms with van der Waals surface area (Å²) in [6.07, 6.45) is 0.761. The molecule has 0 saturated carbocycles. The van der Waals surface area contributed by atoms with Gasteiger partial charge >= 0.3 is 5.97 Å². The Morgan fingerprint density at radius 2 is 1.66 bits per heavy atom. The molecule has 0 bridgehead atoms. The summed E-state index contributed by atoms with van der Waals surface area (Å²) in [5.74, 6) is 1.29. The number of carbonyl (C=O) groups excluding carboxylic acids is 1. The van der Waals surface area contributed by atoms with Gasteiger partial charge in [-0.25, -0.2) is 19.7 Å². The lowest BCUT2D eigenvalue weighted by atomic mass is 9.91. The lowest BCUT2D eigenvalue weighted by molar-refractivity contribution is -0.166. The lowest BCUT2D eigenvalue weighted by Crippen LogP contribution is -2.29. The van der Waals surface area contributed by atoms with E-state index in [0.717, 1.165) is 38.0 Å². The van der Waals surface area contributed by atoms with E-state index in [2.05, 4.69) is 4.98 Å². The average molecular weight is 632 g/mol. The van der Waals surface area contributed by atoms with Gasteiger partial charge in [0.1, 0.15) is 10.7 Å². The highest BCUT2D eigenvalue weighted by Crippen LogP contribution is 2.44. The molecule has 0 aliphatic carbocycles. The van der Waals surface area contributed by atoms with E-state index in [1.807, 2.05) is 82.3 Å². The number of benzene rings is 3. The van der Waals surface area contributed by atoms with Gasteiger partial charge in [-0.1, -0.05) is 23.7 Å². The maximum absolute atomic E-state index is 13.4. The average Bonchev–Trinajstić information content (AvgIpc) is 3.43. The zero-order valence-electron chi connectivity index (χ0n) is 25.7. The van der Waals surface area contributed by atoms with Gasteiger partial charge in [0.15, 0.2) is 23.4 Å². The highest BCUT2D eigenvalue weighted by Gasteiger charge is 2.33. The summed E-state index contributed by atoms with van der Waals surface area (Å²) in [6.45, 7) is 9.75. The fourth-order valence-corrected chi connectivity index (χ4v) is 6.17. The second kappa shape index (κ2) is 12.9. The molecule has 2 aromatic heterocycles. The highest BCUT2D eigenvalue weighted by molar-refractivity contribution is 7.22. The van der Waals surface area contributed by atoms with Gasteiger partial charge in [0.2, 0.25) is 0 Å². The fraction of sp³-hybridized carbons (Fsp3) is 0.294. The van der Waals surface area contributed by atoms with Crippen LogP contribution in [0.5, 0.6) is 11.5 Å². The molecule has 3 aromatic carbocycles. The summed E-state index contributed by atoms with van der Waals surface area (Å²) in [6, 6.07) is 16.9. The number of methoxy groups -OCH3 is 2. The molecule has 2 heterocycles. The third-order valence-corrected chi connectivity index (χ3v) is 8.17. The van der Waals surface area contributed by atoms with Gasteiger partial charge in [-0.15, -0.1) is 11.3 Å². The zero-order valence-corrected chi connectivity index (χ0v) is 27.3. The third-order valence-electron chi connectivity index (χ3n) is 6.81. The Bertz CT molecular complexity index is 1820. The molecule has 1 atom stereocenters. The van der Waals surface area contributed by atoms with Crippen LogP contribution in [0.15, 0.2) is 60.8 Å².